The highest BCUT2D eigenvalue weighted by Crippen LogP contribution is 2.20. The molecule has 0 N–H and O–H groups in total. The first kappa shape index (κ1) is 17.9. The van der Waals surface area contributed by atoms with Crippen molar-refractivity contribution in [2.75, 3.05) is 18.6 Å². The van der Waals surface area contributed by atoms with Gasteiger partial charge in [0.2, 0.25) is 17.6 Å². The molecule has 1 fully saturated rings. The number of nitrogens with zero attached hydrogens (tertiary/aromatic N) is 3. The zero-order chi connectivity index (χ0) is 18.0. The fourth-order valence-electron chi connectivity index (χ4n) is 2.75. The molecule has 9 heteroatoms. The summed E-state index contributed by atoms with van der Waals surface area (Å²) < 4.78 is 28.2. The third-order valence-electron chi connectivity index (χ3n) is 4.27. The Labute approximate surface area is 150 Å². The molecule has 2 heterocycles. The van der Waals surface area contributed by atoms with E-state index < -0.39 is 9.84 Å². The van der Waals surface area contributed by atoms with Crippen LogP contribution in [0.2, 0.25) is 5.02 Å². The number of sulfone groups is 1. The number of rotatable bonds is 5. The Balaban J connectivity index is 1.57. The number of amides is 1. The van der Waals surface area contributed by atoms with Gasteiger partial charge in [-0.05, 0) is 30.7 Å². The second kappa shape index (κ2) is 7.13. The van der Waals surface area contributed by atoms with E-state index in [1.807, 2.05) is 0 Å². The first-order chi connectivity index (χ1) is 11.8. The van der Waals surface area contributed by atoms with E-state index in [1.165, 1.54) is 4.90 Å². The molecule has 0 saturated carbocycles. The molecule has 25 heavy (non-hydrogen) atoms. The number of hydrogen-bond acceptors (Lipinski definition) is 6. The first-order valence-corrected chi connectivity index (χ1v) is 10.1. The molecule has 1 aromatic carbocycles. The lowest BCUT2D eigenvalue weighted by Gasteiger charge is -2.23. The van der Waals surface area contributed by atoms with Gasteiger partial charge in [-0.1, -0.05) is 16.8 Å². The van der Waals surface area contributed by atoms with Crippen LogP contribution in [0.4, 0.5) is 0 Å². The van der Waals surface area contributed by atoms with E-state index in [1.54, 1.807) is 31.3 Å². The fraction of sp³-hybridized carbons (Fsp3) is 0.438. The van der Waals surface area contributed by atoms with Gasteiger partial charge in [-0.3, -0.25) is 4.79 Å². The van der Waals surface area contributed by atoms with Crippen LogP contribution in [0, 0.1) is 0 Å². The Morgan fingerprint density at radius 3 is 2.72 bits per heavy atom. The summed E-state index contributed by atoms with van der Waals surface area (Å²) in [6, 6.07) is 6.81. The van der Waals surface area contributed by atoms with Gasteiger partial charge >= 0.3 is 0 Å². The third-order valence-corrected chi connectivity index (χ3v) is 6.28. The van der Waals surface area contributed by atoms with Gasteiger partial charge in [0.05, 0.1) is 11.5 Å². The van der Waals surface area contributed by atoms with Crippen molar-refractivity contribution in [2.45, 2.75) is 25.3 Å². The molecule has 0 radical (unpaired) electrons. The lowest BCUT2D eigenvalue weighted by Crippen LogP contribution is -2.37. The van der Waals surface area contributed by atoms with Crippen molar-refractivity contribution < 1.29 is 17.7 Å². The highest BCUT2D eigenvalue weighted by Gasteiger charge is 2.32. The monoisotopic (exact) mass is 383 g/mol. The molecule has 1 saturated heterocycles. The van der Waals surface area contributed by atoms with Crippen LogP contribution in [-0.4, -0.2) is 54.0 Å². The molecule has 1 aromatic heterocycles. The van der Waals surface area contributed by atoms with Crippen LogP contribution in [0.15, 0.2) is 28.8 Å². The van der Waals surface area contributed by atoms with Crippen molar-refractivity contribution in [1.82, 2.24) is 15.0 Å². The van der Waals surface area contributed by atoms with Crippen LogP contribution in [0.5, 0.6) is 0 Å². The Hall–Kier alpha value is -1.93. The molecular formula is C16H18ClN3O4S. The average Bonchev–Trinajstić information content (AvgIpc) is 3.19. The van der Waals surface area contributed by atoms with Crippen molar-refractivity contribution >= 4 is 27.3 Å². The average molecular weight is 384 g/mol. The highest BCUT2D eigenvalue weighted by atomic mass is 35.5. The molecule has 1 aliphatic heterocycles. The topological polar surface area (TPSA) is 93.4 Å². The zero-order valence-electron chi connectivity index (χ0n) is 13.7. The highest BCUT2D eigenvalue weighted by molar-refractivity contribution is 7.91. The minimum absolute atomic E-state index is 0.0382. The van der Waals surface area contributed by atoms with Gasteiger partial charge in [0.1, 0.15) is 0 Å². The molecule has 134 valence electrons. The zero-order valence-corrected chi connectivity index (χ0v) is 15.3. The van der Waals surface area contributed by atoms with E-state index in [-0.39, 0.29) is 29.9 Å². The predicted molar refractivity (Wildman–Crippen MR) is 92.9 cm³/mol. The summed E-state index contributed by atoms with van der Waals surface area (Å²) in [5, 5.41) is 4.52. The van der Waals surface area contributed by atoms with Gasteiger partial charge in [-0.2, -0.15) is 4.98 Å². The van der Waals surface area contributed by atoms with Crippen LogP contribution < -0.4 is 0 Å². The molecule has 7 nitrogen and oxygen atoms in total. The van der Waals surface area contributed by atoms with E-state index in [4.69, 9.17) is 16.1 Å². The maximum atomic E-state index is 12.3. The van der Waals surface area contributed by atoms with Crippen LogP contribution in [0.1, 0.15) is 18.7 Å². The van der Waals surface area contributed by atoms with Crippen LogP contribution >= 0.6 is 11.6 Å². The minimum atomic E-state index is -3.02. The summed E-state index contributed by atoms with van der Waals surface area (Å²) in [5.41, 5.74) is 0.777. The summed E-state index contributed by atoms with van der Waals surface area (Å²) in [6.07, 6.45) is 0.990. The maximum absolute atomic E-state index is 12.3. The molecule has 0 spiro atoms. The summed E-state index contributed by atoms with van der Waals surface area (Å²) in [5.74, 6) is 0.855. The summed E-state index contributed by atoms with van der Waals surface area (Å²) >= 11 is 5.85. The van der Waals surface area contributed by atoms with Crippen molar-refractivity contribution in [3.8, 4) is 11.4 Å². The summed E-state index contributed by atoms with van der Waals surface area (Å²) in [7, 11) is -1.38. The number of hydrogen-bond donors (Lipinski definition) is 0. The molecule has 1 unspecified atom stereocenters. The maximum Gasteiger partial charge on any atom is 0.227 e. The van der Waals surface area contributed by atoms with Crippen LogP contribution in [0.25, 0.3) is 11.4 Å². The van der Waals surface area contributed by atoms with Gasteiger partial charge in [0.25, 0.3) is 0 Å². The lowest BCUT2D eigenvalue weighted by atomic mass is 10.2. The van der Waals surface area contributed by atoms with Crippen LogP contribution in [0.3, 0.4) is 0 Å². The van der Waals surface area contributed by atoms with E-state index >= 15 is 0 Å². The number of aromatic nitrogens is 2. The minimum Gasteiger partial charge on any atom is -0.342 e. The van der Waals surface area contributed by atoms with E-state index in [0.29, 0.717) is 29.6 Å². The number of halogens is 1. The number of aryl methyl sites for hydroxylation is 1. The number of benzene rings is 1. The second-order valence-corrected chi connectivity index (χ2v) is 8.75. The SMILES string of the molecule is CN(C(=O)CCc1nc(-c2ccc(Cl)cc2)no1)C1CCS(=O)(=O)C1. The van der Waals surface area contributed by atoms with Gasteiger partial charge in [0, 0.05) is 36.5 Å². The second-order valence-electron chi connectivity index (χ2n) is 6.08. The van der Waals surface area contributed by atoms with Gasteiger partial charge in [0.15, 0.2) is 9.84 Å². The molecular weight excluding hydrogens is 366 g/mol. The molecule has 1 amide bonds. The third kappa shape index (κ3) is 4.38. The van der Waals surface area contributed by atoms with E-state index in [0.717, 1.165) is 5.56 Å². The molecule has 0 bridgehead atoms. The summed E-state index contributed by atoms with van der Waals surface area (Å²) in [4.78, 5) is 18.0. The molecule has 1 atom stereocenters. The Bertz CT molecular complexity index is 864. The molecule has 2 aromatic rings. The van der Waals surface area contributed by atoms with E-state index in [9.17, 15) is 13.2 Å². The Morgan fingerprint density at radius 1 is 1.36 bits per heavy atom. The largest absolute Gasteiger partial charge is 0.342 e. The molecule has 1 aliphatic rings. The van der Waals surface area contributed by atoms with Gasteiger partial charge in [-0.15, -0.1) is 0 Å². The quantitative estimate of drug-likeness (QED) is 0.783. The Morgan fingerprint density at radius 2 is 2.08 bits per heavy atom. The van der Waals surface area contributed by atoms with Crippen molar-refractivity contribution in [3.63, 3.8) is 0 Å². The van der Waals surface area contributed by atoms with Crippen molar-refractivity contribution in [1.29, 1.82) is 0 Å². The molecule has 3 rings (SSSR count). The standard InChI is InChI=1S/C16H18ClN3O4S/c1-20(13-8-9-25(22,23)10-13)15(21)7-6-14-18-16(19-24-14)11-2-4-12(17)5-3-11/h2-5,13H,6-10H2,1H3. The van der Waals surface area contributed by atoms with E-state index in [2.05, 4.69) is 10.1 Å². The van der Waals surface area contributed by atoms with Crippen molar-refractivity contribution in [3.05, 3.63) is 35.2 Å². The smallest absolute Gasteiger partial charge is 0.227 e. The van der Waals surface area contributed by atoms with Gasteiger partial charge in [-0.25, -0.2) is 8.42 Å². The lowest BCUT2D eigenvalue weighted by molar-refractivity contribution is -0.131. The molecule has 0 aliphatic carbocycles. The number of carbonyl (C=O) groups excluding carboxylic acids is 1. The normalized spacial score (nSPS) is 19.0. The fourth-order valence-corrected chi connectivity index (χ4v) is 4.65. The first-order valence-electron chi connectivity index (χ1n) is 7.89. The van der Waals surface area contributed by atoms with Gasteiger partial charge < -0.3 is 9.42 Å². The van der Waals surface area contributed by atoms with Crippen LogP contribution in [-0.2, 0) is 21.1 Å². The summed E-state index contributed by atoms with van der Waals surface area (Å²) in [6.45, 7) is 0. The van der Waals surface area contributed by atoms with Crippen molar-refractivity contribution in [2.24, 2.45) is 0 Å². The number of carbonyl (C=O) groups is 1. The Kier molecular flexibility index (Phi) is 5.10. The predicted octanol–water partition coefficient (Wildman–Crippen LogP) is 1.97.